The van der Waals surface area contributed by atoms with Crippen LogP contribution >= 0.6 is 19.2 Å². The van der Waals surface area contributed by atoms with Crippen LogP contribution in [0.15, 0.2) is 41.4 Å². The molecule has 0 spiro atoms. The Morgan fingerprint density at radius 1 is 1.13 bits per heavy atom. The molecule has 0 N–H and O–H groups in total. The van der Waals surface area contributed by atoms with Crippen LogP contribution in [0.25, 0.3) is 6.08 Å². The van der Waals surface area contributed by atoms with Crippen molar-refractivity contribution in [3.63, 3.8) is 0 Å². The van der Waals surface area contributed by atoms with Gasteiger partial charge in [0.2, 0.25) is 0 Å². The first-order chi connectivity index (χ1) is 10.7. The van der Waals surface area contributed by atoms with E-state index in [-0.39, 0.29) is 0 Å². The zero-order chi connectivity index (χ0) is 17.5. The smallest absolute Gasteiger partial charge is 0.305 e. The Balaban J connectivity index is 3.32. The molecular formula is C17H26ClO3PSi. The van der Waals surface area contributed by atoms with Gasteiger partial charge in [-0.15, -0.1) is 0 Å². The van der Waals surface area contributed by atoms with E-state index in [0.717, 1.165) is 5.56 Å². The lowest BCUT2D eigenvalue weighted by Gasteiger charge is -2.19. The third kappa shape index (κ3) is 7.19. The summed E-state index contributed by atoms with van der Waals surface area (Å²) in [5.74, 6) is 0. The quantitative estimate of drug-likeness (QED) is 0.301. The van der Waals surface area contributed by atoms with Gasteiger partial charge in [-0.2, -0.15) is 0 Å². The molecule has 0 radical (unpaired) electrons. The third-order valence-corrected chi connectivity index (χ3v) is 6.38. The van der Waals surface area contributed by atoms with Crippen molar-refractivity contribution in [1.82, 2.24) is 0 Å². The van der Waals surface area contributed by atoms with Crippen LogP contribution in [-0.2, 0) is 13.6 Å². The van der Waals surface area contributed by atoms with E-state index in [1.165, 1.54) is 0 Å². The van der Waals surface area contributed by atoms with E-state index in [4.69, 9.17) is 20.6 Å². The number of rotatable bonds is 8. The summed E-state index contributed by atoms with van der Waals surface area (Å²) in [4.78, 5) is 0. The molecule has 0 bridgehead atoms. The molecule has 128 valence electrons. The van der Waals surface area contributed by atoms with Crippen LogP contribution in [0.5, 0.6) is 0 Å². The second kappa shape index (κ2) is 9.00. The predicted octanol–water partition coefficient (Wildman–Crippen LogP) is 6.38. The van der Waals surface area contributed by atoms with E-state index in [9.17, 15) is 4.57 Å². The average Bonchev–Trinajstić information content (AvgIpc) is 2.45. The molecule has 0 heterocycles. The van der Waals surface area contributed by atoms with Crippen LogP contribution in [0.2, 0.25) is 24.7 Å². The number of hydrogen-bond donors (Lipinski definition) is 0. The standard InChI is InChI=1S/C17H26ClO3PSi/c1-6-20-22(19,21-7-2)17(12-13-23(3,4)5)14-15-8-10-16(18)11-9-15/h8-14H,6-7H2,1-5H3/b13-12+,17-14+. The van der Waals surface area contributed by atoms with Gasteiger partial charge < -0.3 is 9.05 Å². The van der Waals surface area contributed by atoms with Crippen LogP contribution in [0.4, 0.5) is 0 Å². The van der Waals surface area contributed by atoms with Crippen LogP contribution in [0, 0.1) is 0 Å². The van der Waals surface area contributed by atoms with E-state index in [1.807, 2.05) is 38.1 Å². The van der Waals surface area contributed by atoms with E-state index in [2.05, 4.69) is 25.3 Å². The van der Waals surface area contributed by atoms with E-state index in [0.29, 0.717) is 23.6 Å². The van der Waals surface area contributed by atoms with E-state index >= 15 is 0 Å². The van der Waals surface area contributed by atoms with Crippen molar-refractivity contribution in [3.8, 4) is 0 Å². The van der Waals surface area contributed by atoms with E-state index in [1.54, 1.807) is 12.1 Å². The molecule has 0 unspecified atom stereocenters. The summed E-state index contributed by atoms with van der Waals surface area (Å²) in [6.45, 7) is 10.9. The summed E-state index contributed by atoms with van der Waals surface area (Å²) in [6, 6.07) is 7.37. The molecular weight excluding hydrogens is 347 g/mol. The number of benzene rings is 1. The Labute approximate surface area is 145 Å². The Kier molecular flexibility index (Phi) is 7.98. The van der Waals surface area contributed by atoms with Crippen LogP contribution in [0.3, 0.4) is 0 Å². The lowest BCUT2D eigenvalue weighted by molar-refractivity contribution is 0.227. The molecule has 0 aliphatic carbocycles. The van der Waals surface area contributed by atoms with E-state index < -0.39 is 15.7 Å². The van der Waals surface area contributed by atoms with Crippen molar-refractivity contribution in [3.05, 3.63) is 51.9 Å². The first kappa shape index (κ1) is 20.4. The number of allylic oxidation sites excluding steroid dienone is 2. The maximum Gasteiger partial charge on any atom is 0.361 e. The summed E-state index contributed by atoms with van der Waals surface area (Å²) < 4.78 is 24.1. The molecule has 3 nitrogen and oxygen atoms in total. The van der Waals surface area contributed by atoms with Crippen molar-refractivity contribution in [2.24, 2.45) is 0 Å². The van der Waals surface area contributed by atoms with Crippen LogP contribution < -0.4 is 0 Å². The van der Waals surface area contributed by atoms with Gasteiger partial charge in [0.05, 0.1) is 26.6 Å². The highest BCUT2D eigenvalue weighted by atomic mass is 35.5. The predicted molar refractivity (Wildman–Crippen MR) is 103 cm³/mol. The second-order valence-electron chi connectivity index (χ2n) is 6.15. The van der Waals surface area contributed by atoms with Crippen molar-refractivity contribution < 1.29 is 13.6 Å². The number of hydrogen-bond acceptors (Lipinski definition) is 3. The Bertz CT molecular complexity index is 593. The molecule has 6 heteroatoms. The van der Waals surface area contributed by atoms with Gasteiger partial charge in [-0.25, -0.2) is 0 Å². The fraction of sp³-hybridized carbons (Fsp3) is 0.412. The first-order valence-corrected chi connectivity index (χ1v) is 13.3. The molecule has 0 aliphatic rings. The molecule has 0 atom stereocenters. The number of halogens is 1. The summed E-state index contributed by atoms with van der Waals surface area (Å²) in [5, 5.41) is 1.24. The molecule has 1 rings (SSSR count). The lowest BCUT2D eigenvalue weighted by atomic mass is 10.2. The monoisotopic (exact) mass is 372 g/mol. The highest BCUT2D eigenvalue weighted by Gasteiger charge is 2.28. The largest absolute Gasteiger partial charge is 0.361 e. The van der Waals surface area contributed by atoms with Crippen LogP contribution in [-0.4, -0.2) is 21.3 Å². The third-order valence-electron chi connectivity index (χ3n) is 2.85. The van der Waals surface area contributed by atoms with Crippen LogP contribution in [0.1, 0.15) is 19.4 Å². The summed E-state index contributed by atoms with van der Waals surface area (Å²) in [5.41, 5.74) is 3.05. The van der Waals surface area contributed by atoms with Gasteiger partial charge in [-0.05, 0) is 37.6 Å². The van der Waals surface area contributed by atoms with Gasteiger partial charge in [0.25, 0.3) is 0 Å². The maximum atomic E-state index is 13.1. The van der Waals surface area contributed by atoms with Gasteiger partial charge in [0.1, 0.15) is 0 Å². The Morgan fingerprint density at radius 3 is 2.09 bits per heavy atom. The fourth-order valence-electron chi connectivity index (χ4n) is 1.81. The highest BCUT2D eigenvalue weighted by Crippen LogP contribution is 2.57. The summed E-state index contributed by atoms with van der Waals surface area (Å²) in [6.07, 6.45) is 3.74. The fourth-order valence-corrected chi connectivity index (χ4v) is 4.37. The topological polar surface area (TPSA) is 35.5 Å². The van der Waals surface area contributed by atoms with Gasteiger partial charge >= 0.3 is 7.60 Å². The Morgan fingerprint density at radius 2 is 1.65 bits per heavy atom. The normalized spacial score (nSPS) is 13.7. The molecule has 1 aromatic carbocycles. The van der Waals surface area contributed by atoms with Gasteiger partial charge in [-0.3, -0.25) is 4.57 Å². The van der Waals surface area contributed by atoms with Crippen molar-refractivity contribution in [2.45, 2.75) is 33.5 Å². The molecule has 0 saturated heterocycles. The summed E-state index contributed by atoms with van der Waals surface area (Å²) in [7, 11) is -4.77. The summed E-state index contributed by atoms with van der Waals surface area (Å²) >= 11 is 5.93. The molecule has 0 saturated carbocycles. The molecule has 0 aromatic heterocycles. The molecule has 0 fully saturated rings. The average molecular weight is 373 g/mol. The van der Waals surface area contributed by atoms with Crippen molar-refractivity contribution >= 4 is 33.3 Å². The van der Waals surface area contributed by atoms with Crippen molar-refractivity contribution in [1.29, 1.82) is 0 Å². The zero-order valence-corrected chi connectivity index (χ0v) is 17.2. The maximum absolute atomic E-state index is 13.1. The molecule has 0 amide bonds. The SMILES string of the molecule is CCOP(=O)(OCC)C(/C=C/[Si](C)(C)C)=C/c1ccc(Cl)cc1. The minimum absolute atomic E-state index is 0.329. The molecule has 1 aromatic rings. The van der Waals surface area contributed by atoms with Gasteiger partial charge in [0.15, 0.2) is 0 Å². The Hall–Kier alpha value is -0.643. The molecule has 0 aliphatic heterocycles. The second-order valence-corrected chi connectivity index (χ2v) is 13.7. The first-order valence-electron chi connectivity index (χ1n) is 7.76. The minimum atomic E-state index is -3.33. The van der Waals surface area contributed by atoms with Crippen molar-refractivity contribution in [2.75, 3.05) is 13.2 Å². The highest BCUT2D eigenvalue weighted by molar-refractivity contribution is 7.59. The molecule has 23 heavy (non-hydrogen) atoms. The minimum Gasteiger partial charge on any atom is -0.305 e. The zero-order valence-electron chi connectivity index (χ0n) is 14.5. The van der Waals surface area contributed by atoms with Gasteiger partial charge in [0, 0.05) is 5.02 Å². The lowest BCUT2D eigenvalue weighted by Crippen LogP contribution is -2.15. The van der Waals surface area contributed by atoms with Gasteiger partial charge in [-0.1, -0.05) is 55.2 Å².